The van der Waals surface area contributed by atoms with Gasteiger partial charge in [0.25, 0.3) is 0 Å². The first-order valence-corrected chi connectivity index (χ1v) is 6.92. The van der Waals surface area contributed by atoms with Crippen LogP contribution in [-0.2, 0) is 4.74 Å². The molecule has 0 bridgehead atoms. The highest BCUT2D eigenvalue weighted by Crippen LogP contribution is 2.21. The van der Waals surface area contributed by atoms with Crippen molar-refractivity contribution < 1.29 is 4.74 Å². The summed E-state index contributed by atoms with van der Waals surface area (Å²) in [4.78, 5) is 2.57. The Hall–Kier alpha value is -0.120. The van der Waals surface area contributed by atoms with Crippen LogP contribution in [0.5, 0.6) is 0 Å². The topological polar surface area (TPSA) is 24.5 Å². The number of nitrogens with zero attached hydrogens (tertiary/aromatic N) is 1. The molecule has 0 aromatic heterocycles. The van der Waals surface area contributed by atoms with Gasteiger partial charge in [-0.1, -0.05) is 0 Å². The molecule has 1 heterocycles. The lowest BCUT2D eigenvalue weighted by Crippen LogP contribution is -2.41. The maximum absolute atomic E-state index is 5.42. The molecule has 16 heavy (non-hydrogen) atoms. The average Bonchev–Trinajstić information content (AvgIpc) is 3.11. The number of piperidine rings is 1. The Kier molecular flexibility index (Phi) is 5.07. The Morgan fingerprint density at radius 2 is 2.19 bits per heavy atom. The van der Waals surface area contributed by atoms with Crippen molar-refractivity contribution in [3.63, 3.8) is 0 Å². The van der Waals surface area contributed by atoms with Crippen LogP contribution in [0.1, 0.15) is 32.6 Å². The Balaban J connectivity index is 1.58. The van der Waals surface area contributed by atoms with Crippen LogP contribution in [0.25, 0.3) is 0 Å². The fourth-order valence-electron chi connectivity index (χ4n) is 2.48. The van der Waals surface area contributed by atoms with Gasteiger partial charge in [-0.15, -0.1) is 0 Å². The highest BCUT2D eigenvalue weighted by atomic mass is 16.5. The molecule has 2 rings (SSSR count). The van der Waals surface area contributed by atoms with E-state index in [0.29, 0.717) is 0 Å². The first-order valence-electron chi connectivity index (χ1n) is 6.92. The number of hydrogen-bond acceptors (Lipinski definition) is 3. The van der Waals surface area contributed by atoms with E-state index in [-0.39, 0.29) is 0 Å². The average molecular weight is 226 g/mol. The zero-order chi connectivity index (χ0) is 11.2. The van der Waals surface area contributed by atoms with E-state index in [2.05, 4.69) is 17.1 Å². The lowest BCUT2D eigenvalue weighted by atomic mass is 9.98. The van der Waals surface area contributed by atoms with Gasteiger partial charge in [0, 0.05) is 25.7 Å². The summed E-state index contributed by atoms with van der Waals surface area (Å²) in [5, 5.41) is 3.66. The van der Waals surface area contributed by atoms with E-state index in [9.17, 15) is 0 Å². The van der Waals surface area contributed by atoms with E-state index in [1.165, 1.54) is 45.3 Å². The summed E-state index contributed by atoms with van der Waals surface area (Å²) in [6, 6.07) is 0.860. The standard InChI is InChI=1S/C13H26N2O/c1-2-16-9-8-15-7-3-4-12(11-15)10-14-13-5-6-13/h12-14H,2-11H2,1H3. The lowest BCUT2D eigenvalue weighted by Gasteiger charge is -2.32. The molecule has 0 spiro atoms. The Bertz CT molecular complexity index is 194. The van der Waals surface area contributed by atoms with Crippen molar-refractivity contribution in [2.45, 2.75) is 38.6 Å². The SMILES string of the molecule is CCOCCN1CCCC(CNC2CC2)C1. The molecular formula is C13H26N2O. The summed E-state index contributed by atoms with van der Waals surface area (Å²) in [5.74, 6) is 0.871. The molecule has 0 radical (unpaired) electrons. The lowest BCUT2D eigenvalue weighted by molar-refractivity contribution is 0.0915. The third-order valence-electron chi connectivity index (χ3n) is 3.63. The van der Waals surface area contributed by atoms with E-state index in [1.807, 2.05) is 0 Å². The van der Waals surface area contributed by atoms with Gasteiger partial charge in [-0.2, -0.15) is 0 Å². The Morgan fingerprint density at radius 1 is 1.31 bits per heavy atom. The van der Waals surface area contributed by atoms with Gasteiger partial charge in [0.2, 0.25) is 0 Å². The first kappa shape index (κ1) is 12.3. The molecule has 1 saturated carbocycles. The van der Waals surface area contributed by atoms with Crippen molar-refractivity contribution in [1.82, 2.24) is 10.2 Å². The fourth-order valence-corrected chi connectivity index (χ4v) is 2.48. The van der Waals surface area contributed by atoms with Crippen LogP contribution in [0.4, 0.5) is 0 Å². The summed E-state index contributed by atoms with van der Waals surface area (Å²) < 4.78 is 5.42. The third-order valence-corrected chi connectivity index (χ3v) is 3.63. The number of rotatable bonds is 7. The maximum atomic E-state index is 5.42. The monoisotopic (exact) mass is 226 g/mol. The van der Waals surface area contributed by atoms with Crippen molar-refractivity contribution in [3.8, 4) is 0 Å². The van der Waals surface area contributed by atoms with Gasteiger partial charge < -0.3 is 15.0 Å². The van der Waals surface area contributed by atoms with Crippen LogP contribution in [0.15, 0.2) is 0 Å². The van der Waals surface area contributed by atoms with Gasteiger partial charge in [-0.05, 0) is 51.6 Å². The summed E-state index contributed by atoms with van der Waals surface area (Å²) >= 11 is 0. The second-order valence-corrected chi connectivity index (χ2v) is 5.19. The molecule has 1 unspecified atom stereocenters. The van der Waals surface area contributed by atoms with E-state index in [1.54, 1.807) is 0 Å². The smallest absolute Gasteiger partial charge is 0.0593 e. The van der Waals surface area contributed by atoms with Crippen LogP contribution in [0, 0.1) is 5.92 Å². The largest absolute Gasteiger partial charge is 0.380 e. The van der Waals surface area contributed by atoms with Crippen molar-refractivity contribution in [2.75, 3.05) is 39.4 Å². The van der Waals surface area contributed by atoms with Gasteiger partial charge >= 0.3 is 0 Å². The summed E-state index contributed by atoms with van der Waals surface area (Å²) in [7, 11) is 0. The second-order valence-electron chi connectivity index (χ2n) is 5.19. The van der Waals surface area contributed by atoms with Crippen molar-refractivity contribution >= 4 is 0 Å². The van der Waals surface area contributed by atoms with Gasteiger partial charge in [0.05, 0.1) is 6.61 Å². The van der Waals surface area contributed by atoms with Crippen molar-refractivity contribution in [3.05, 3.63) is 0 Å². The molecule has 1 saturated heterocycles. The minimum Gasteiger partial charge on any atom is -0.380 e. The van der Waals surface area contributed by atoms with Crippen LogP contribution in [-0.4, -0.2) is 50.3 Å². The Labute approximate surface area is 99.5 Å². The summed E-state index contributed by atoms with van der Waals surface area (Å²) in [5.41, 5.74) is 0. The molecule has 1 atom stereocenters. The van der Waals surface area contributed by atoms with Crippen LogP contribution in [0.2, 0.25) is 0 Å². The minimum absolute atomic E-state index is 0.848. The first-order chi connectivity index (χ1) is 7.88. The summed E-state index contributed by atoms with van der Waals surface area (Å²) in [6.07, 6.45) is 5.58. The van der Waals surface area contributed by atoms with E-state index >= 15 is 0 Å². The predicted molar refractivity (Wildman–Crippen MR) is 66.7 cm³/mol. The van der Waals surface area contributed by atoms with Gasteiger partial charge in [-0.3, -0.25) is 0 Å². The summed E-state index contributed by atoms with van der Waals surface area (Å²) in [6.45, 7) is 8.71. The predicted octanol–water partition coefficient (Wildman–Crippen LogP) is 1.49. The van der Waals surface area contributed by atoms with E-state index in [4.69, 9.17) is 4.74 Å². The molecule has 2 fully saturated rings. The molecule has 2 aliphatic rings. The molecule has 0 amide bonds. The van der Waals surface area contributed by atoms with E-state index < -0.39 is 0 Å². The van der Waals surface area contributed by atoms with Gasteiger partial charge in [-0.25, -0.2) is 0 Å². The zero-order valence-corrected chi connectivity index (χ0v) is 10.6. The normalized spacial score (nSPS) is 27.2. The highest BCUT2D eigenvalue weighted by Gasteiger charge is 2.24. The minimum atomic E-state index is 0.848. The van der Waals surface area contributed by atoms with Gasteiger partial charge in [0.1, 0.15) is 0 Å². The Morgan fingerprint density at radius 3 is 2.94 bits per heavy atom. The molecule has 0 aromatic carbocycles. The van der Waals surface area contributed by atoms with Crippen molar-refractivity contribution in [2.24, 2.45) is 5.92 Å². The molecule has 3 nitrogen and oxygen atoms in total. The molecule has 0 aromatic rings. The number of ether oxygens (including phenoxy) is 1. The second kappa shape index (κ2) is 6.58. The molecular weight excluding hydrogens is 200 g/mol. The van der Waals surface area contributed by atoms with Gasteiger partial charge in [0.15, 0.2) is 0 Å². The fraction of sp³-hybridized carbons (Fsp3) is 1.00. The quantitative estimate of drug-likeness (QED) is 0.666. The highest BCUT2D eigenvalue weighted by molar-refractivity contribution is 4.83. The molecule has 94 valence electrons. The molecule has 1 aliphatic heterocycles. The van der Waals surface area contributed by atoms with Crippen LogP contribution < -0.4 is 5.32 Å². The number of likely N-dealkylation sites (tertiary alicyclic amines) is 1. The van der Waals surface area contributed by atoms with Crippen LogP contribution in [0.3, 0.4) is 0 Å². The maximum Gasteiger partial charge on any atom is 0.0593 e. The number of nitrogens with one attached hydrogen (secondary N) is 1. The third kappa shape index (κ3) is 4.40. The molecule has 1 N–H and O–H groups in total. The molecule has 1 aliphatic carbocycles. The van der Waals surface area contributed by atoms with E-state index in [0.717, 1.165) is 31.7 Å². The van der Waals surface area contributed by atoms with Crippen LogP contribution >= 0.6 is 0 Å². The number of hydrogen-bond donors (Lipinski definition) is 1. The molecule has 3 heteroatoms. The van der Waals surface area contributed by atoms with Crippen molar-refractivity contribution in [1.29, 1.82) is 0 Å². The zero-order valence-electron chi connectivity index (χ0n) is 10.6.